The van der Waals surface area contributed by atoms with Crippen molar-refractivity contribution in [2.75, 3.05) is 0 Å². The Morgan fingerprint density at radius 1 is 0.857 bits per heavy atom. The number of sulfonamides is 2. The van der Waals surface area contributed by atoms with Crippen LogP contribution in [0.1, 0.15) is 33.1 Å². The van der Waals surface area contributed by atoms with E-state index in [-0.39, 0.29) is 6.42 Å². The molecule has 0 aromatic rings. The van der Waals surface area contributed by atoms with Gasteiger partial charge < -0.3 is 0 Å². The third-order valence-corrected chi connectivity index (χ3v) is 6.34. The van der Waals surface area contributed by atoms with E-state index < -0.39 is 53.7 Å². The Morgan fingerprint density at radius 2 is 1.19 bits per heavy atom. The predicted octanol–water partition coefficient (Wildman–Crippen LogP) is 2.57. The summed E-state index contributed by atoms with van der Waals surface area (Å²) in [7, 11) is -13.4. The maximum Gasteiger partial charge on any atom is 0.512 e. The van der Waals surface area contributed by atoms with Crippen molar-refractivity contribution in [3.05, 3.63) is 0 Å². The molecule has 0 aromatic heterocycles. The van der Waals surface area contributed by atoms with Gasteiger partial charge in [-0.2, -0.15) is 26.3 Å². The normalized spacial score (nSPS) is 16.2. The quantitative estimate of drug-likeness (QED) is 0.679. The number of nitrogens with zero attached hydrogens (tertiary/aromatic N) is 1. The van der Waals surface area contributed by atoms with Crippen LogP contribution in [0.4, 0.5) is 26.3 Å². The van der Waals surface area contributed by atoms with Gasteiger partial charge >= 0.3 is 31.1 Å². The highest BCUT2D eigenvalue weighted by Crippen LogP contribution is 2.38. The molecule has 0 rings (SSSR count). The molecule has 21 heavy (non-hydrogen) atoms. The lowest BCUT2D eigenvalue weighted by Crippen LogP contribution is -2.53. The SMILES string of the molecule is CCCC(CC)N(S(=O)(=O)C(F)(F)F)S(=O)(=O)C(F)(F)F. The maximum atomic E-state index is 12.5. The molecule has 0 amide bonds. The Labute approximate surface area is 118 Å². The molecule has 0 fully saturated rings. The fourth-order valence-corrected chi connectivity index (χ4v) is 4.76. The second kappa shape index (κ2) is 6.28. The molecule has 0 bridgehead atoms. The molecule has 0 heterocycles. The van der Waals surface area contributed by atoms with Crippen molar-refractivity contribution < 1.29 is 43.2 Å². The number of alkyl halides is 6. The average Bonchev–Trinajstić information content (AvgIpc) is 2.24. The van der Waals surface area contributed by atoms with Gasteiger partial charge in [-0.15, -0.1) is 0 Å². The summed E-state index contributed by atoms with van der Waals surface area (Å²) in [4.78, 5) is 0. The molecule has 1 atom stereocenters. The van der Waals surface area contributed by atoms with Crippen LogP contribution in [0.2, 0.25) is 0 Å². The first-order valence-electron chi connectivity index (χ1n) is 5.56. The van der Waals surface area contributed by atoms with E-state index in [1.165, 1.54) is 6.92 Å². The minimum absolute atomic E-state index is 0.00421. The first kappa shape index (κ1) is 20.4. The standard InChI is InChI=1S/C8H13F6NO4S2/c1-3-5-6(4-2)15(20(16,17)7(9,10)11)21(18,19)8(12,13)14/h6H,3-5H2,1-2H3. The van der Waals surface area contributed by atoms with Crippen LogP contribution >= 0.6 is 0 Å². The molecule has 13 heteroatoms. The topological polar surface area (TPSA) is 71.5 Å². The molecule has 1 unspecified atom stereocenters. The molecule has 0 radical (unpaired) electrons. The molecule has 0 aliphatic rings. The van der Waals surface area contributed by atoms with Gasteiger partial charge in [-0.3, -0.25) is 0 Å². The number of hydrogen-bond acceptors (Lipinski definition) is 4. The summed E-state index contributed by atoms with van der Waals surface area (Å²) in [6.45, 7) is 2.45. The smallest absolute Gasteiger partial charge is 0.202 e. The van der Waals surface area contributed by atoms with Gasteiger partial charge in [-0.25, -0.2) is 16.8 Å². The lowest BCUT2D eigenvalue weighted by molar-refractivity contribution is -0.0546. The lowest BCUT2D eigenvalue weighted by Gasteiger charge is -2.30. The molecule has 128 valence electrons. The number of rotatable bonds is 6. The van der Waals surface area contributed by atoms with E-state index in [1.54, 1.807) is 0 Å². The average molecular weight is 365 g/mol. The summed E-state index contributed by atoms with van der Waals surface area (Å²) in [5.74, 6) is 0. The zero-order valence-corrected chi connectivity index (χ0v) is 12.5. The van der Waals surface area contributed by atoms with E-state index in [1.807, 2.05) is 0 Å². The van der Waals surface area contributed by atoms with Crippen molar-refractivity contribution in [1.82, 2.24) is 3.71 Å². The largest absolute Gasteiger partial charge is 0.512 e. The highest BCUT2D eigenvalue weighted by molar-refractivity contribution is 8.04. The van der Waals surface area contributed by atoms with Crippen LogP contribution < -0.4 is 0 Å². The van der Waals surface area contributed by atoms with E-state index in [0.29, 0.717) is 0 Å². The van der Waals surface area contributed by atoms with Crippen molar-refractivity contribution in [1.29, 1.82) is 0 Å². The zero-order valence-electron chi connectivity index (χ0n) is 10.9. The summed E-state index contributed by atoms with van der Waals surface area (Å²) in [6.07, 6.45) is -1.00. The van der Waals surface area contributed by atoms with Crippen molar-refractivity contribution in [3.63, 3.8) is 0 Å². The van der Waals surface area contributed by atoms with E-state index in [2.05, 4.69) is 0 Å². The van der Waals surface area contributed by atoms with Crippen LogP contribution in [0.25, 0.3) is 0 Å². The summed E-state index contributed by atoms with van der Waals surface area (Å²) in [5, 5.41) is 0. The molecular weight excluding hydrogens is 352 g/mol. The van der Waals surface area contributed by atoms with E-state index in [9.17, 15) is 43.2 Å². The fourth-order valence-electron chi connectivity index (χ4n) is 1.52. The van der Waals surface area contributed by atoms with Crippen LogP contribution in [0.5, 0.6) is 0 Å². The van der Waals surface area contributed by atoms with Crippen molar-refractivity contribution in [3.8, 4) is 0 Å². The monoisotopic (exact) mass is 365 g/mol. The van der Waals surface area contributed by atoms with E-state index in [0.717, 1.165) is 6.92 Å². The highest BCUT2D eigenvalue weighted by Gasteiger charge is 2.63. The Balaban J connectivity index is 6.33. The first-order valence-corrected chi connectivity index (χ1v) is 8.44. The second-order valence-corrected chi connectivity index (χ2v) is 7.82. The van der Waals surface area contributed by atoms with Crippen molar-refractivity contribution in [2.24, 2.45) is 0 Å². The van der Waals surface area contributed by atoms with Gasteiger partial charge in [0.1, 0.15) is 0 Å². The van der Waals surface area contributed by atoms with Crippen LogP contribution in [-0.4, -0.2) is 37.6 Å². The molecular formula is C8H13F6NO4S2. The maximum absolute atomic E-state index is 12.5. The molecule has 0 spiro atoms. The van der Waals surface area contributed by atoms with Gasteiger partial charge in [0.05, 0.1) is 0 Å². The minimum atomic E-state index is -6.69. The number of hydrogen-bond donors (Lipinski definition) is 0. The van der Waals surface area contributed by atoms with Crippen LogP contribution in [0.15, 0.2) is 0 Å². The first-order chi connectivity index (χ1) is 9.14. The van der Waals surface area contributed by atoms with E-state index >= 15 is 0 Å². The number of halogens is 6. The minimum Gasteiger partial charge on any atom is -0.202 e. The van der Waals surface area contributed by atoms with Crippen LogP contribution in [-0.2, 0) is 20.0 Å². The van der Waals surface area contributed by atoms with Crippen molar-refractivity contribution >= 4 is 20.0 Å². The van der Waals surface area contributed by atoms with Crippen LogP contribution in [0, 0.1) is 0 Å². The Kier molecular flexibility index (Phi) is 6.11. The van der Waals surface area contributed by atoms with Gasteiger partial charge in [0.25, 0.3) is 0 Å². The molecule has 0 aliphatic carbocycles. The van der Waals surface area contributed by atoms with Crippen LogP contribution in [0.3, 0.4) is 0 Å². The summed E-state index contributed by atoms with van der Waals surface area (Å²) in [6, 6.07) is -1.96. The highest BCUT2D eigenvalue weighted by atomic mass is 32.3. The third kappa shape index (κ3) is 4.00. The Bertz CT molecular complexity index is 506. The summed E-state index contributed by atoms with van der Waals surface area (Å²) < 4.78 is 118. The molecule has 0 aliphatic heterocycles. The molecule has 0 saturated carbocycles. The summed E-state index contributed by atoms with van der Waals surface area (Å²) >= 11 is 0. The lowest BCUT2D eigenvalue weighted by atomic mass is 10.1. The van der Waals surface area contributed by atoms with Gasteiger partial charge in [-0.05, 0) is 12.8 Å². The molecule has 0 N–H and O–H groups in total. The Morgan fingerprint density at radius 3 is 1.38 bits per heavy atom. The van der Waals surface area contributed by atoms with Gasteiger partial charge in [-0.1, -0.05) is 24.0 Å². The molecule has 5 nitrogen and oxygen atoms in total. The Hall–Kier alpha value is -0.560. The zero-order chi connectivity index (χ0) is 17.3. The predicted molar refractivity (Wildman–Crippen MR) is 60.8 cm³/mol. The third-order valence-electron chi connectivity index (χ3n) is 2.45. The van der Waals surface area contributed by atoms with Gasteiger partial charge in [0.15, 0.2) is 0 Å². The van der Waals surface area contributed by atoms with Gasteiger partial charge in [0, 0.05) is 6.04 Å². The van der Waals surface area contributed by atoms with E-state index in [4.69, 9.17) is 0 Å². The van der Waals surface area contributed by atoms with Crippen molar-refractivity contribution in [2.45, 2.75) is 50.2 Å². The fraction of sp³-hybridized carbons (Fsp3) is 1.00. The summed E-state index contributed by atoms with van der Waals surface area (Å²) in [5.41, 5.74) is -12.3. The molecule has 0 saturated heterocycles. The second-order valence-electron chi connectivity index (χ2n) is 3.98. The van der Waals surface area contributed by atoms with Gasteiger partial charge in [0.2, 0.25) is 0 Å². The molecule has 0 aromatic carbocycles.